The Bertz CT molecular complexity index is 1300. The quantitative estimate of drug-likeness (QED) is 0.310. The number of hydrogen-bond acceptors (Lipinski definition) is 6. The largest absolute Gasteiger partial charge is 0.496 e. The summed E-state index contributed by atoms with van der Waals surface area (Å²) in [4.78, 5) is 25.7. The molecule has 0 atom stereocenters. The third-order valence-electron chi connectivity index (χ3n) is 4.74. The van der Waals surface area contributed by atoms with Crippen LogP contribution >= 0.6 is 11.6 Å². The molecule has 0 aliphatic carbocycles. The van der Waals surface area contributed by atoms with E-state index in [2.05, 4.69) is 0 Å². The lowest BCUT2D eigenvalue weighted by Gasteiger charge is -2.12. The monoisotopic (exact) mass is 436 g/mol. The van der Waals surface area contributed by atoms with Crippen molar-refractivity contribution >= 4 is 28.5 Å². The van der Waals surface area contributed by atoms with Gasteiger partial charge in [-0.2, -0.15) is 0 Å². The second kappa shape index (κ2) is 8.53. The van der Waals surface area contributed by atoms with E-state index in [0.29, 0.717) is 38.6 Å². The Morgan fingerprint density at radius 1 is 0.935 bits per heavy atom. The predicted octanol–water partition coefficient (Wildman–Crippen LogP) is 5.35. The summed E-state index contributed by atoms with van der Waals surface area (Å²) in [5.41, 5.74) is 1.35. The van der Waals surface area contributed by atoms with E-state index in [1.54, 1.807) is 48.5 Å². The number of benzene rings is 3. The van der Waals surface area contributed by atoms with Gasteiger partial charge in [-0.3, -0.25) is 4.79 Å². The summed E-state index contributed by atoms with van der Waals surface area (Å²) in [7, 11) is 2.91. The highest BCUT2D eigenvalue weighted by molar-refractivity contribution is 6.30. The summed E-state index contributed by atoms with van der Waals surface area (Å²) in [5, 5.41) is 0.939. The van der Waals surface area contributed by atoms with E-state index in [-0.39, 0.29) is 16.7 Å². The normalized spacial score (nSPS) is 10.7. The SMILES string of the molecule is COc1cccc(OC)c1C(=O)Oc1ccc2c(=O)c(-c3ccc(Cl)cc3)coc2c1. The first-order valence-corrected chi connectivity index (χ1v) is 9.64. The average molecular weight is 437 g/mol. The van der Waals surface area contributed by atoms with Crippen molar-refractivity contribution in [3.05, 3.63) is 87.7 Å². The van der Waals surface area contributed by atoms with Crippen LogP contribution in [0.15, 0.2) is 76.1 Å². The minimum Gasteiger partial charge on any atom is -0.496 e. The van der Waals surface area contributed by atoms with Gasteiger partial charge >= 0.3 is 5.97 Å². The maximum Gasteiger partial charge on any atom is 0.351 e. The van der Waals surface area contributed by atoms with E-state index in [4.69, 9.17) is 30.2 Å². The van der Waals surface area contributed by atoms with Gasteiger partial charge < -0.3 is 18.6 Å². The first-order chi connectivity index (χ1) is 15.0. The maximum absolute atomic E-state index is 12.9. The van der Waals surface area contributed by atoms with Crippen LogP contribution in [-0.2, 0) is 0 Å². The number of hydrogen-bond donors (Lipinski definition) is 0. The van der Waals surface area contributed by atoms with Crippen LogP contribution in [0.5, 0.6) is 17.2 Å². The van der Waals surface area contributed by atoms with E-state index in [1.807, 2.05) is 0 Å². The molecule has 0 saturated heterocycles. The van der Waals surface area contributed by atoms with Crippen LogP contribution in [0, 0.1) is 0 Å². The van der Waals surface area contributed by atoms with Crippen LogP contribution < -0.4 is 19.6 Å². The molecule has 0 bridgehead atoms. The van der Waals surface area contributed by atoms with Gasteiger partial charge in [0.2, 0.25) is 0 Å². The van der Waals surface area contributed by atoms with Gasteiger partial charge in [-0.15, -0.1) is 0 Å². The summed E-state index contributed by atoms with van der Waals surface area (Å²) < 4.78 is 21.6. The van der Waals surface area contributed by atoms with Gasteiger partial charge in [-0.25, -0.2) is 4.79 Å². The van der Waals surface area contributed by atoms with Crippen molar-refractivity contribution in [3.8, 4) is 28.4 Å². The number of ether oxygens (including phenoxy) is 3. The molecule has 4 aromatic rings. The number of halogens is 1. The Hall–Kier alpha value is -3.77. The van der Waals surface area contributed by atoms with Gasteiger partial charge in [0, 0.05) is 11.1 Å². The minimum atomic E-state index is -0.659. The first kappa shape index (κ1) is 20.5. The molecule has 6 nitrogen and oxygen atoms in total. The van der Waals surface area contributed by atoms with Gasteiger partial charge in [0.15, 0.2) is 5.43 Å². The highest BCUT2D eigenvalue weighted by Gasteiger charge is 2.21. The molecule has 156 valence electrons. The third kappa shape index (κ3) is 3.98. The summed E-state index contributed by atoms with van der Waals surface area (Å²) in [6.45, 7) is 0. The standard InChI is InChI=1S/C24H17ClO6/c1-28-19-4-3-5-20(29-2)22(19)24(27)31-16-10-11-17-21(12-16)30-13-18(23(17)26)14-6-8-15(25)9-7-14/h3-13H,1-2H3. The van der Waals surface area contributed by atoms with Crippen LogP contribution in [0.25, 0.3) is 22.1 Å². The van der Waals surface area contributed by atoms with Crippen molar-refractivity contribution in [2.75, 3.05) is 14.2 Å². The Labute approximate surface area is 182 Å². The summed E-state index contributed by atoms with van der Waals surface area (Å²) in [6, 6.07) is 16.5. The summed E-state index contributed by atoms with van der Waals surface area (Å²) >= 11 is 5.92. The molecule has 0 spiro atoms. The van der Waals surface area contributed by atoms with E-state index in [0.717, 1.165) is 0 Å². The molecular weight excluding hydrogens is 420 g/mol. The van der Waals surface area contributed by atoms with E-state index in [9.17, 15) is 9.59 Å². The highest BCUT2D eigenvalue weighted by Crippen LogP contribution is 2.30. The molecule has 0 aliphatic rings. The van der Waals surface area contributed by atoms with Crippen LogP contribution in [-0.4, -0.2) is 20.2 Å². The predicted molar refractivity (Wildman–Crippen MR) is 117 cm³/mol. The number of methoxy groups -OCH3 is 2. The van der Waals surface area contributed by atoms with Crippen LogP contribution in [0.1, 0.15) is 10.4 Å². The molecule has 0 unspecified atom stereocenters. The average Bonchev–Trinajstić information content (AvgIpc) is 2.79. The molecule has 1 aromatic heterocycles. The molecule has 0 saturated carbocycles. The van der Waals surface area contributed by atoms with E-state index in [1.165, 1.54) is 32.6 Å². The Balaban J connectivity index is 1.68. The molecule has 0 radical (unpaired) electrons. The van der Waals surface area contributed by atoms with Gasteiger partial charge in [0.1, 0.15) is 34.7 Å². The number of fused-ring (bicyclic) bond motifs is 1. The smallest absolute Gasteiger partial charge is 0.351 e. The lowest BCUT2D eigenvalue weighted by molar-refractivity contribution is 0.0727. The van der Waals surface area contributed by atoms with Gasteiger partial charge in [-0.1, -0.05) is 29.8 Å². The molecule has 0 N–H and O–H groups in total. The fraction of sp³-hybridized carbons (Fsp3) is 0.0833. The molecule has 0 amide bonds. The topological polar surface area (TPSA) is 75.0 Å². The Kier molecular flexibility index (Phi) is 5.64. The van der Waals surface area contributed by atoms with Crippen molar-refractivity contribution in [1.82, 2.24) is 0 Å². The second-order valence-electron chi connectivity index (χ2n) is 6.57. The molecule has 1 heterocycles. The van der Waals surface area contributed by atoms with Crippen molar-refractivity contribution < 1.29 is 23.4 Å². The highest BCUT2D eigenvalue weighted by atomic mass is 35.5. The zero-order valence-corrected chi connectivity index (χ0v) is 17.4. The van der Waals surface area contributed by atoms with E-state index < -0.39 is 5.97 Å². The zero-order chi connectivity index (χ0) is 22.0. The Morgan fingerprint density at radius 2 is 1.61 bits per heavy atom. The van der Waals surface area contributed by atoms with Crippen LogP contribution in [0.2, 0.25) is 5.02 Å². The summed E-state index contributed by atoms with van der Waals surface area (Å²) in [6.07, 6.45) is 1.38. The fourth-order valence-electron chi connectivity index (χ4n) is 3.21. The van der Waals surface area contributed by atoms with E-state index >= 15 is 0 Å². The van der Waals surface area contributed by atoms with Crippen molar-refractivity contribution in [1.29, 1.82) is 0 Å². The molecule has 0 fully saturated rings. The number of carbonyl (C=O) groups is 1. The molecule has 31 heavy (non-hydrogen) atoms. The first-order valence-electron chi connectivity index (χ1n) is 9.26. The lowest BCUT2D eigenvalue weighted by Crippen LogP contribution is -2.12. The van der Waals surface area contributed by atoms with Crippen molar-refractivity contribution in [2.45, 2.75) is 0 Å². The number of esters is 1. The zero-order valence-electron chi connectivity index (χ0n) is 16.7. The molecule has 0 aliphatic heterocycles. The maximum atomic E-state index is 12.9. The van der Waals surface area contributed by atoms with Crippen molar-refractivity contribution in [2.24, 2.45) is 0 Å². The number of rotatable bonds is 5. The van der Waals surface area contributed by atoms with Gasteiger partial charge in [-0.05, 0) is 42.0 Å². The molecular formula is C24H17ClO6. The molecule has 4 rings (SSSR count). The molecule has 7 heteroatoms. The van der Waals surface area contributed by atoms with Gasteiger partial charge in [0.25, 0.3) is 0 Å². The third-order valence-corrected chi connectivity index (χ3v) is 5.00. The fourth-order valence-corrected chi connectivity index (χ4v) is 3.34. The molecule has 3 aromatic carbocycles. The Morgan fingerprint density at radius 3 is 2.26 bits per heavy atom. The lowest BCUT2D eigenvalue weighted by atomic mass is 10.1. The second-order valence-corrected chi connectivity index (χ2v) is 7.01. The summed E-state index contributed by atoms with van der Waals surface area (Å²) in [5.74, 6) is 0.204. The van der Waals surface area contributed by atoms with Crippen LogP contribution in [0.4, 0.5) is 0 Å². The van der Waals surface area contributed by atoms with Gasteiger partial charge in [0.05, 0.1) is 25.2 Å². The number of carbonyl (C=O) groups excluding carboxylic acids is 1. The van der Waals surface area contributed by atoms with Crippen LogP contribution in [0.3, 0.4) is 0 Å². The van der Waals surface area contributed by atoms with Crippen molar-refractivity contribution in [3.63, 3.8) is 0 Å². The minimum absolute atomic E-state index is 0.159.